The highest BCUT2D eigenvalue weighted by molar-refractivity contribution is 6.01. The van der Waals surface area contributed by atoms with Gasteiger partial charge in [-0.2, -0.15) is 0 Å². The van der Waals surface area contributed by atoms with Gasteiger partial charge in [0.25, 0.3) is 0 Å². The highest BCUT2D eigenvalue weighted by atomic mass is 19.1. The zero-order chi connectivity index (χ0) is 25.7. The molecule has 3 aliphatic heterocycles. The second-order valence-electron chi connectivity index (χ2n) is 10.1. The van der Waals surface area contributed by atoms with Crippen LogP contribution in [0.15, 0.2) is 41.7 Å². The van der Waals surface area contributed by atoms with E-state index in [1.165, 1.54) is 16.8 Å². The number of hydrazine groups is 1. The first-order valence-corrected chi connectivity index (χ1v) is 13.2. The van der Waals surface area contributed by atoms with Crippen molar-refractivity contribution in [3.8, 4) is 11.1 Å². The standard InChI is InChI=1S/C29H33FN6O/c1-4-19-9-18(3)32-13-25(19)23-10-22(20-7-6-8-31-12-20)28(30)29-24(23)11-27(33-29)36-15-21-14-34(17-37)16-26(21)35(36)5-2/h7,9-11,13,17,31,33H,4-6,8,12,14-16H2,1-3H3. The number of likely N-dealkylation sites (N-methyl/N-ethyl adjacent to an activating group) is 1. The van der Waals surface area contributed by atoms with Gasteiger partial charge < -0.3 is 15.2 Å². The van der Waals surface area contributed by atoms with Crippen molar-refractivity contribution < 1.29 is 9.18 Å². The molecule has 0 fully saturated rings. The van der Waals surface area contributed by atoms with Gasteiger partial charge in [-0.25, -0.2) is 4.39 Å². The van der Waals surface area contributed by atoms with Gasteiger partial charge in [0, 0.05) is 48.0 Å². The Morgan fingerprint density at radius 2 is 1.97 bits per heavy atom. The van der Waals surface area contributed by atoms with E-state index in [1.807, 2.05) is 19.2 Å². The van der Waals surface area contributed by atoms with Crippen molar-refractivity contribution in [2.45, 2.75) is 33.6 Å². The van der Waals surface area contributed by atoms with Crippen molar-refractivity contribution in [3.63, 3.8) is 0 Å². The Labute approximate surface area is 216 Å². The molecule has 6 rings (SSSR count). The number of carbonyl (C=O) groups excluding carboxylic acids is 1. The van der Waals surface area contributed by atoms with Gasteiger partial charge in [0.15, 0.2) is 5.82 Å². The summed E-state index contributed by atoms with van der Waals surface area (Å²) in [5.74, 6) is 0.642. The van der Waals surface area contributed by atoms with Gasteiger partial charge in [-0.15, -0.1) is 0 Å². The lowest BCUT2D eigenvalue weighted by Gasteiger charge is -2.33. The molecule has 5 heterocycles. The van der Waals surface area contributed by atoms with Gasteiger partial charge in [-0.1, -0.05) is 13.0 Å². The van der Waals surface area contributed by atoms with Crippen molar-refractivity contribution in [2.75, 3.05) is 44.3 Å². The second-order valence-corrected chi connectivity index (χ2v) is 10.1. The zero-order valence-electron chi connectivity index (χ0n) is 21.7. The number of pyridine rings is 1. The van der Waals surface area contributed by atoms with Gasteiger partial charge in [-0.05, 0) is 73.7 Å². The Hall–Kier alpha value is -3.65. The molecule has 0 unspecified atom stereocenters. The van der Waals surface area contributed by atoms with Crippen LogP contribution >= 0.6 is 0 Å². The van der Waals surface area contributed by atoms with Crippen LogP contribution in [0.2, 0.25) is 0 Å². The van der Waals surface area contributed by atoms with E-state index in [2.05, 4.69) is 57.4 Å². The zero-order valence-corrected chi connectivity index (χ0v) is 21.7. The number of carbonyl (C=O) groups is 1. The first-order chi connectivity index (χ1) is 18.0. The van der Waals surface area contributed by atoms with Gasteiger partial charge in [0.1, 0.15) is 5.82 Å². The molecule has 0 saturated carbocycles. The monoisotopic (exact) mass is 500 g/mol. The summed E-state index contributed by atoms with van der Waals surface area (Å²) in [5.41, 5.74) is 8.80. The van der Waals surface area contributed by atoms with Crippen LogP contribution in [0.5, 0.6) is 0 Å². The van der Waals surface area contributed by atoms with Crippen LogP contribution in [0, 0.1) is 12.7 Å². The molecule has 1 amide bonds. The Bertz CT molecular complexity index is 1450. The molecule has 0 aliphatic carbocycles. The summed E-state index contributed by atoms with van der Waals surface area (Å²) in [7, 11) is 0. The van der Waals surface area contributed by atoms with Crippen molar-refractivity contribution in [2.24, 2.45) is 0 Å². The third kappa shape index (κ3) is 3.91. The number of benzene rings is 1. The number of nitrogens with one attached hydrogen (secondary N) is 2. The third-order valence-corrected chi connectivity index (χ3v) is 7.83. The fourth-order valence-electron chi connectivity index (χ4n) is 6.01. The van der Waals surface area contributed by atoms with Crippen molar-refractivity contribution >= 4 is 28.7 Å². The molecule has 8 heteroatoms. The van der Waals surface area contributed by atoms with E-state index >= 15 is 4.39 Å². The number of nitrogens with zero attached hydrogens (tertiary/aromatic N) is 4. The molecule has 0 bridgehead atoms. The van der Waals surface area contributed by atoms with Crippen LogP contribution < -0.4 is 10.3 Å². The highest BCUT2D eigenvalue weighted by Crippen LogP contribution is 2.41. The number of anilines is 1. The minimum absolute atomic E-state index is 0.215. The maximum absolute atomic E-state index is 16.2. The molecule has 7 nitrogen and oxygen atoms in total. The van der Waals surface area contributed by atoms with E-state index in [-0.39, 0.29) is 5.82 Å². The van der Waals surface area contributed by atoms with E-state index < -0.39 is 0 Å². The number of aromatic amines is 1. The van der Waals surface area contributed by atoms with Crippen LogP contribution in [-0.4, -0.2) is 65.6 Å². The molecule has 2 N–H and O–H groups in total. The number of aromatic nitrogens is 2. The van der Waals surface area contributed by atoms with Crippen molar-refractivity contribution in [3.05, 3.63) is 64.4 Å². The van der Waals surface area contributed by atoms with E-state index in [0.717, 1.165) is 65.9 Å². The maximum atomic E-state index is 16.2. The smallest absolute Gasteiger partial charge is 0.210 e. The molecule has 0 atom stereocenters. The number of hydrogen-bond acceptors (Lipinski definition) is 5. The Kier molecular flexibility index (Phi) is 5.99. The molecule has 37 heavy (non-hydrogen) atoms. The average molecular weight is 501 g/mol. The molecule has 0 saturated heterocycles. The summed E-state index contributed by atoms with van der Waals surface area (Å²) < 4.78 is 16.2. The minimum Gasteiger partial charge on any atom is -0.338 e. The van der Waals surface area contributed by atoms with E-state index in [0.29, 0.717) is 37.3 Å². The first-order valence-electron chi connectivity index (χ1n) is 13.2. The molecule has 192 valence electrons. The average Bonchev–Trinajstić information content (AvgIpc) is 3.62. The van der Waals surface area contributed by atoms with Crippen LogP contribution in [0.3, 0.4) is 0 Å². The molecule has 0 radical (unpaired) electrons. The largest absolute Gasteiger partial charge is 0.338 e. The number of aryl methyl sites for hydroxylation is 2. The Morgan fingerprint density at radius 3 is 2.70 bits per heavy atom. The van der Waals surface area contributed by atoms with E-state index in [4.69, 9.17) is 0 Å². The lowest BCUT2D eigenvalue weighted by atomic mass is 9.91. The lowest BCUT2D eigenvalue weighted by molar-refractivity contribution is -0.117. The minimum atomic E-state index is -0.215. The lowest BCUT2D eigenvalue weighted by Crippen LogP contribution is -2.41. The van der Waals surface area contributed by atoms with E-state index in [9.17, 15) is 4.79 Å². The summed E-state index contributed by atoms with van der Waals surface area (Å²) in [6.07, 6.45) is 6.75. The van der Waals surface area contributed by atoms with Gasteiger partial charge in [0.2, 0.25) is 6.41 Å². The number of halogens is 1. The molecular weight excluding hydrogens is 467 g/mol. The molecule has 2 aromatic heterocycles. The second kappa shape index (κ2) is 9.34. The van der Waals surface area contributed by atoms with Gasteiger partial charge in [-0.3, -0.25) is 19.8 Å². The highest BCUT2D eigenvalue weighted by Gasteiger charge is 2.36. The predicted octanol–water partition coefficient (Wildman–Crippen LogP) is 4.40. The summed E-state index contributed by atoms with van der Waals surface area (Å²) >= 11 is 0. The molecule has 3 aliphatic rings. The van der Waals surface area contributed by atoms with Crippen LogP contribution in [0.4, 0.5) is 10.2 Å². The fraction of sp³-hybridized carbons (Fsp3) is 0.379. The Morgan fingerprint density at radius 1 is 1.11 bits per heavy atom. The van der Waals surface area contributed by atoms with Gasteiger partial charge in [0.05, 0.1) is 24.3 Å². The molecule has 0 spiro atoms. The summed E-state index contributed by atoms with van der Waals surface area (Å²) in [6, 6.07) is 6.22. The van der Waals surface area contributed by atoms with Gasteiger partial charge >= 0.3 is 0 Å². The summed E-state index contributed by atoms with van der Waals surface area (Å²) in [5, 5.41) is 8.64. The van der Waals surface area contributed by atoms with Crippen molar-refractivity contribution in [1.82, 2.24) is 25.2 Å². The Balaban J connectivity index is 1.51. The number of fused-ring (bicyclic) bond motifs is 1. The normalized spacial score (nSPS) is 17.7. The number of H-pyrrole nitrogens is 1. The summed E-state index contributed by atoms with van der Waals surface area (Å²) in [6.45, 7) is 10.5. The topological polar surface area (TPSA) is 67.5 Å². The number of amides is 1. The SMILES string of the molecule is CCc1cc(C)ncc1-c1cc(C2=CCCNC2)c(F)c2[nH]c(N3CC4=C(CN(C=O)C4)N3CC)cc12. The quantitative estimate of drug-likeness (QED) is 0.491. The fourth-order valence-corrected chi connectivity index (χ4v) is 6.01. The number of rotatable bonds is 6. The third-order valence-electron chi connectivity index (χ3n) is 7.83. The first kappa shape index (κ1) is 23.7. The predicted molar refractivity (Wildman–Crippen MR) is 145 cm³/mol. The molecular formula is C29H33FN6O. The van der Waals surface area contributed by atoms with Crippen LogP contribution in [0.25, 0.3) is 27.6 Å². The van der Waals surface area contributed by atoms with Crippen LogP contribution in [-0.2, 0) is 11.2 Å². The van der Waals surface area contributed by atoms with Crippen LogP contribution in [0.1, 0.15) is 37.1 Å². The van der Waals surface area contributed by atoms with E-state index in [1.54, 1.807) is 4.90 Å². The number of hydrogen-bond donors (Lipinski definition) is 2. The maximum Gasteiger partial charge on any atom is 0.210 e. The molecule has 1 aromatic carbocycles. The summed E-state index contributed by atoms with van der Waals surface area (Å²) in [4.78, 5) is 21.2. The molecule has 3 aromatic rings. The van der Waals surface area contributed by atoms with Crippen molar-refractivity contribution in [1.29, 1.82) is 0 Å².